The van der Waals surface area contributed by atoms with E-state index in [9.17, 15) is 9.59 Å². The van der Waals surface area contributed by atoms with Crippen molar-refractivity contribution in [2.75, 3.05) is 6.54 Å². The van der Waals surface area contributed by atoms with Crippen molar-refractivity contribution in [3.63, 3.8) is 0 Å². The van der Waals surface area contributed by atoms with Gasteiger partial charge in [0.25, 0.3) is 0 Å². The van der Waals surface area contributed by atoms with Crippen molar-refractivity contribution >= 4 is 23.2 Å². The van der Waals surface area contributed by atoms with E-state index in [1.54, 1.807) is 16.2 Å². The summed E-state index contributed by atoms with van der Waals surface area (Å²) >= 11 is 1.59. The summed E-state index contributed by atoms with van der Waals surface area (Å²) in [4.78, 5) is 31.5. The maximum atomic E-state index is 12.5. The Bertz CT molecular complexity index is 507. The summed E-state index contributed by atoms with van der Waals surface area (Å²) < 4.78 is 0. The van der Waals surface area contributed by atoms with Gasteiger partial charge < -0.3 is 10.2 Å². The van der Waals surface area contributed by atoms with Crippen LogP contribution in [-0.4, -0.2) is 34.3 Å². The van der Waals surface area contributed by atoms with Gasteiger partial charge in [0.2, 0.25) is 11.8 Å². The molecule has 20 heavy (non-hydrogen) atoms. The summed E-state index contributed by atoms with van der Waals surface area (Å²) in [6.45, 7) is 8.55. The summed E-state index contributed by atoms with van der Waals surface area (Å²) in [6.07, 6.45) is 0.861. The molecule has 0 aromatic carbocycles. The molecular formula is C14H21N3O2S. The first kappa shape index (κ1) is 15.0. The van der Waals surface area contributed by atoms with Crippen LogP contribution in [0.15, 0.2) is 0 Å². The normalized spacial score (nSPS) is 21.0. The molecular weight excluding hydrogens is 274 g/mol. The number of amides is 2. The molecule has 0 bridgehead atoms. The average Bonchev–Trinajstić information content (AvgIpc) is 2.71. The number of rotatable bonds is 4. The van der Waals surface area contributed by atoms with Crippen molar-refractivity contribution in [3.05, 3.63) is 15.6 Å². The minimum Gasteiger partial charge on any atom is -0.342 e. The van der Waals surface area contributed by atoms with Crippen LogP contribution in [0.1, 0.15) is 35.8 Å². The molecule has 2 amide bonds. The van der Waals surface area contributed by atoms with Crippen molar-refractivity contribution < 1.29 is 9.59 Å². The third-order valence-electron chi connectivity index (χ3n) is 3.84. The molecule has 6 heteroatoms. The molecule has 1 aliphatic rings. The van der Waals surface area contributed by atoms with Crippen LogP contribution in [0.3, 0.4) is 0 Å². The SMILES string of the molecule is CCC(C)C1NC(=O)CN(Cc2nc(C)c(C)s2)C1=O. The molecule has 2 atom stereocenters. The van der Waals surface area contributed by atoms with Gasteiger partial charge in [-0.1, -0.05) is 20.3 Å². The largest absolute Gasteiger partial charge is 0.342 e. The first-order valence-corrected chi connectivity index (χ1v) is 7.75. The lowest BCUT2D eigenvalue weighted by atomic mass is 9.96. The molecule has 0 spiro atoms. The van der Waals surface area contributed by atoms with Crippen LogP contribution in [0.5, 0.6) is 0 Å². The number of nitrogens with zero attached hydrogens (tertiary/aromatic N) is 2. The molecule has 2 rings (SSSR count). The number of carbonyl (C=O) groups is 2. The van der Waals surface area contributed by atoms with Crippen molar-refractivity contribution in [2.45, 2.75) is 46.7 Å². The maximum Gasteiger partial charge on any atom is 0.246 e. The number of aromatic nitrogens is 1. The standard InChI is InChI=1S/C14H21N3O2S/c1-5-8(2)13-14(19)17(6-11(18)16-13)7-12-15-9(3)10(4)20-12/h8,13H,5-7H2,1-4H3,(H,16,18). The third-order valence-corrected chi connectivity index (χ3v) is 4.90. The van der Waals surface area contributed by atoms with Crippen LogP contribution >= 0.6 is 11.3 Å². The molecule has 0 radical (unpaired) electrons. The highest BCUT2D eigenvalue weighted by atomic mass is 32.1. The Kier molecular flexibility index (Phi) is 4.42. The molecule has 2 unspecified atom stereocenters. The number of nitrogens with one attached hydrogen (secondary N) is 1. The Balaban J connectivity index is 2.13. The lowest BCUT2D eigenvalue weighted by molar-refractivity contribution is -0.146. The molecule has 110 valence electrons. The minimum atomic E-state index is -0.400. The number of hydrogen-bond donors (Lipinski definition) is 1. The highest BCUT2D eigenvalue weighted by Gasteiger charge is 2.35. The quantitative estimate of drug-likeness (QED) is 0.918. The molecule has 5 nitrogen and oxygen atoms in total. The van der Waals surface area contributed by atoms with Crippen LogP contribution in [0.25, 0.3) is 0 Å². The fourth-order valence-corrected chi connectivity index (χ4v) is 3.20. The Morgan fingerprint density at radius 2 is 2.15 bits per heavy atom. The van der Waals surface area contributed by atoms with Gasteiger partial charge in [0.05, 0.1) is 12.2 Å². The minimum absolute atomic E-state index is 0.00413. The molecule has 1 aromatic rings. The molecule has 1 saturated heterocycles. The van der Waals surface area contributed by atoms with E-state index in [1.807, 2.05) is 27.7 Å². The summed E-state index contributed by atoms with van der Waals surface area (Å²) in [6, 6.07) is -0.400. The summed E-state index contributed by atoms with van der Waals surface area (Å²) in [5, 5.41) is 3.70. The predicted octanol–water partition coefficient (Wildman–Crippen LogP) is 1.63. The van der Waals surface area contributed by atoms with E-state index in [1.165, 1.54) is 0 Å². The van der Waals surface area contributed by atoms with E-state index in [0.29, 0.717) is 6.54 Å². The molecule has 1 aliphatic heterocycles. The number of carbonyl (C=O) groups excluding carboxylic acids is 2. The first-order chi connectivity index (χ1) is 9.42. The van der Waals surface area contributed by atoms with Gasteiger partial charge >= 0.3 is 0 Å². The van der Waals surface area contributed by atoms with Gasteiger partial charge in [-0.15, -0.1) is 11.3 Å². The van der Waals surface area contributed by atoms with Gasteiger partial charge in [0.1, 0.15) is 17.6 Å². The van der Waals surface area contributed by atoms with E-state index in [4.69, 9.17) is 0 Å². The van der Waals surface area contributed by atoms with Gasteiger partial charge in [-0.25, -0.2) is 4.98 Å². The van der Waals surface area contributed by atoms with Crippen LogP contribution in [0.4, 0.5) is 0 Å². The summed E-state index contributed by atoms with van der Waals surface area (Å²) in [5.41, 5.74) is 0.998. The Hall–Kier alpha value is -1.43. The zero-order chi connectivity index (χ0) is 14.9. The van der Waals surface area contributed by atoms with E-state index >= 15 is 0 Å². The fourth-order valence-electron chi connectivity index (χ4n) is 2.25. The zero-order valence-electron chi connectivity index (χ0n) is 12.4. The maximum absolute atomic E-state index is 12.5. The van der Waals surface area contributed by atoms with Crippen LogP contribution in [0.2, 0.25) is 0 Å². The van der Waals surface area contributed by atoms with Crippen molar-refractivity contribution in [2.24, 2.45) is 5.92 Å². The molecule has 2 heterocycles. The average molecular weight is 295 g/mol. The summed E-state index contributed by atoms with van der Waals surface area (Å²) in [7, 11) is 0. The Labute approximate surface area is 123 Å². The molecule has 1 fully saturated rings. The topological polar surface area (TPSA) is 62.3 Å². The number of thiazole rings is 1. The van der Waals surface area contributed by atoms with E-state index in [0.717, 1.165) is 22.0 Å². The highest BCUT2D eigenvalue weighted by Crippen LogP contribution is 2.21. The Morgan fingerprint density at radius 3 is 2.70 bits per heavy atom. The van der Waals surface area contributed by atoms with Gasteiger partial charge in [-0.2, -0.15) is 0 Å². The smallest absolute Gasteiger partial charge is 0.246 e. The number of hydrogen-bond acceptors (Lipinski definition) is 4. The first-order valence-electron chi connectivity index (χ1n) is 6.93. The van der Waals surface area contributed by atoms with Crippen molar-refractivity contribution in [1.82, 2.24) is 15.2 Å². The molecule has 1 aromatic heterocycles. The van der Waals surface area contributed by atoms with E-state index in [-0.39, 0.29) is 24.3 Å². The predicted molar refractivity (Wildman–Crippen MR) is 78.4 cm³/mol. The fraction of sp³-hybridized carbons (Fsp3) is 0.643. The second kappa shape index (κ2) is 5.91. The second-order valence-electron chi connectivity index (χ2n) is 5.37. The van der Waals surface area contributed by atoms with Gasteiger partial charge in [0.15, 0.2) is 0 Å². The van der Waals surface area contributed by atoms with Crippen LogP contribution in [-0.2, 0) is 16.1 Å². The lowest BCUT2D eigenvalue weighted by Gasteiger charge is -2.34. The van der Waals surface area contributed by atoms with Gasteiger partial charge in [-0.05, 0) is 19.8 Å². The number of piperazine rings is 1. The molecule has 0 saturated carbocycles. The number of aryl methyl sites for hydroxylation is 2. The van der Waals surface area contributed by atoms with Crippen molar-refractivity contribution in [3.8, 4) is 0 Å². The van der Waals surface area contributed by atoms with Crippen LogP contribution < -0.4 is 5.32 Å². The second-order valence-corrected chi connectivity index (χ2v) is 6.66. The summed E-state index contributed by atoms with van der Waals surface area (Å²) in [5.74, 6) is 0.0679. The van der Waals surface area contributed by atoms with E-state index < -0.39 is 6.04 Å². The highest BCUT2D eigenvalue weighted by molar-refractivity contribution is 7.11. The monoisotopic (exact) mass is 295 g/mol. The van der Waals surface area contributed by atoms with Crippen molar-refractivity contribution in [1.29, 1.82) is 0 Å². The van der Waals surface area contributed by atoms with Gasteiger partial charge in [-0.3, -0.25) is 9.59 Å². The molecule has 0 aliphatic carbocycles. The third kappa shape index (κ3) is 3.00. The van der Waals surface area contributed by atoms with Crippen LogP contribution in [0, 0.1) is 19.8 Å². The lowest BCUT2D eigenvalue weighted by Crippen LogP contribution is -2.59. The van der Waals surface area contributed by atoms with E-state index in [2.05, 4.69) is 10.3 Å². The molecule has 1 N–H and O–H groups in total. The zero-order valence-corrected chi connectivity index (χ0v) is 13.2. The van der Waals surface area contributed by atoms with Gasteiger partial charge in [0, 0.05) is 4.88 Å². The Morgan fingerprint density at radius 1 is 1.45 bits per heavy atom.